The van der Waals surface area contributed by atoms with E-state index < -0.39 is 0 Å². The Morgan fingerprint density at radius 1 is 1.44 bits per heavy atom. The minimum Gasteiger partial charge on any atom is -0.384 e. The van der Waals surface area contributed by atoms with Gasteiger partial charge >= 0.3 is 0 Å². The van der Waals surface area contributed by atoms with Gasteiger partial charge in [-0.2, -0.15) is 0 Å². The van der Waals surface area contributed by atoms with Gasteiger partial charge in [0.2, 0.25) is 5.91 Å². The summed E-state index contributed by atoms with van der Waals surface area (Å²) in [5.74, 6) is -0.0406. The molecule has 0 aromatic heterocycles. The first kappa shape index (κ1) is 12.7. The molecule has 0 radical (unpaired) electrons. The van der Waals surface area contributed by atoms with Crippen molar-refractivity contribution in [3.8, 4) is 0 Å². The third-order valence-electron chi connectivity index (χ3n) is 2.31. The Hall–Kier alpha value is -1.39. The van der Waals surface area contributed by atoms with Crippen molar-refractivity contribution < 1.29 is 9.53 Å². The number of nitrogens with two attached hydrogens (primary N) is 1. The monoisotopic (exact) mass is 222 g/mol. The Bertz CT molecular complexity index is 314. The molecule has 0 aliphatic rings. The number of amides is 1. The molecule has 0 bridgehead atoms. The van der Waals surface area contributed by atoms with Gasteiger partial charge in [0.25, 0.3) is 0 Å². The molecular weight excluding hydrogens is 204 g/mol. The van der Waals surface area contributed by atoms with Gasteiger partial charge in [0.15, 0.2) is 0 Å². The summed E-state index contributed by atoms with van der Waals surface area (Å²) in [5, 5.41) is 2.87. The molecule has 4 heteroatoms. The van der Waals surface area contributed by atoms with Crippen LogP contribution in [0.2, 0.25) is 0 Å². The van der Waals surface area contributed by atoms with Crippen LogP contribution in [0.4, 0.5) is 0 Å². The van der Waals surface area contributed by atoms with Crippen LogP contribution in [0.15, 0.2) is 30.3 Å². The Morgan fingerprint density at radius 2 is 2.12 bits per heavy atom. The predicted octanol–water partition coefficient (Wildman–Crippen LogP) is 0.839. The molecule has 0 heterocycles. The second-order valence-electron chi connectivity index (χ2n) is 3.51. The average Bonchev–Trinajstić information content (AvgIpc) is 2.34. The highest BCUT2D eigenvalue weighted by molar-refractivity contribution is 5.76. The lowest BCUT2D eigenvalue weighted by Crippen LogP contribution is -2.33. The van der Waals surface area contributed by atoms with Gasteiger partial charge in [0, 0.05) is 20.1 Å². The van der Waals surface area contributed by atoms with E-state index in [-0.39, 0.29) is 11.9 Å². The number of hydrogen-bond acceptors (Lipinski definition) is 3. The summed E-state index contributed by atoms with van der Waals surface area (Å²) < 4.78 is 4.84. The zero-order chi connectivity index (χ0) is 11.8. The number of rotatable bonds is 6. The molecule has 0 saturated heterocycles. The number of methoxy groups -OCH3 is 1. The van der Waals surface area contributed by atoms with Crippen molar-refractivity contribution in [1.82, 2.24) is 5.32 Å². The predicted molar refractivity (Wildman–Crippen MR) is 62.9 cm³/mol. The molecule has 88 valence electrons. The van der Waals surface area contributed by atoms with Crippen LogP contribution in [-0.4, -0.2) is 26.2 Å². The second kappa shape index (κ2) is 6.98. The van der Waals surface area contributed by atoms with Crippen molar-refractivity contribution in [1.29, 1.82) is 0 Å². The van der Waals surface area contributed by atoms with E-state index in [0.717, 1.165) is 5.56 Å². The molecule has 16 heavy (non-hydrogen) atoms. The number of nitrogens with one attached hydrogen (secondary N) is 1. The van der Waals surface area contributed by atoms with Gasteiger partial charge in [-0.1, -0.05) is 30.3 Å². The highest BCUT2D eigenvalue weighted by Gasteiger charge is 2.11. The fourth-order valence-corrected chi connectivity index (χ4v) is 1.42. The quantitative estimate of drug-likeness (QED) is 0.749. The third kappa shape index (κ3) is 4.00. The summed E-state index contributed by atoms with van der Waals surface area (Å²) in [6.07, 6.45) is 0.361. The van der Waals surface area contributed by atoms with E-state index in [9.17, 15) is 4.79 Å². The Kier molecular flexibility index (Phi) is 5.53. The van der Waals surface area contributed by atoms with Crippen molar-refractivity contribution in [2.45, 2.75) is 12.5 Å². The van der Waals surface area contributed by atoms with Crippen molar-refractivity contribution >= 4 is 5.91 Å². The molecule has 4 nitrogen and oxygen atoms in total. The van der Waals surface area contributed by atoms with Crippen molar-refractivity contribution in [3.05, 3.63) is 35.9 Å². The number of benzene rings is 1. The van der Waals surface area contributed by atoms with Crippen LogP contribution in [0.1, 0.15) is 18.0 Å². The van der Waals surface area contributed by atoms with E-state index in [1.54, 1.807) is 7.11 Å². The Balaban J connectivity index is 2.52. The maximum atomic E-state index is 11.5. The molecular formula is C12H18N2O2. The number of ether oxygens (including phenoxy) is 1. The topological polar surface area (TPSA) is 64.3 Å². The first-order valence-electron chi connectivity index (χ1n) is 5.31. The smallest absolute Gasteiger partial charge is 0.222 e. The Labute approximate surface area is 95.8 Å². The first-order chi connectivity index (χ1) is 7.77. The Morgan fingerprint density at radius 3 is 2.69 bits per heavy atom. The van der Waals surface area contributed by atoms with Crippen molar-refractivity contribution in [2.24, 2.45) is 5.73 Å². The van der Waals surface area contributed by atoms with E-state index in [1.165, 1.54) is 0 Å². The molecule has 0 aliphatic carbocycles. The van der Waals surface area contributed by atoms with Crippen LogP contribution in [-0.2, 0) is 9.53 Å². The summed E-state index contributed by atoms with van der Waals surface area (Å²) in [5.41, 5.74) is 6.66. The second-order valence-corrected chi connectivity index (χ2v) is 3.51. The maximum absolute atomic E-state index is 11.5. The molecule has 1 rings (SSSR count). The lowest BCUT2D eigenvalue weighted by molar-refractivity contribution is -0.122. The molecule has 1 aromatic carbocycles. The number of carbonyl (C=O) groups is 1. The van der Waals surface area contributed by atoms with Gasteiger partial charge in [0.1, 0.15) is 0 Å². The summed E-state index contributed by atoms with van der Waals surface area (Å²) in [6.45, 7) is 0.820. The summed E-state index contributed by atoms with van der Waals surface area (Å²) in [6, 6.07) is 9.58. The molecule has 0 saturated carbocycles. The standard InChI is InChI=1S/C12H18N2O2/c1-16-8-7-12(15)14-11(9-13)10-5-3-2-4-6-10/h2-6,11H,7-9,13H2,1H3,(H,14,15). The summed E-state index contributed by atoms with van der Waals surface area (Å²) in [7, 11) is 1.57. The normalized spacial score (nSPS) is 12.1. The number of hydrogen-bond donors (Lipinski definition) is 2. The van der Waals surface area contributed by atoms with Crippen LogP contribution in [0.3, 0.4) is 0 Å². The molecule has 1 unspecified atom stereocenters. The maximum Gasteiger partial charge on any atom is 0.222 e. The molecule has 3 N–H and O–H groups in total. The largest absolute Gasteiger partial charge is 0.384 e. The molecule has 0 spiro atoms. The van der Waals surface area contributed by atoms with Crippen LogP contribution in [0, 0.1) is 0 Å². The minimum absolute atomic E-state index is 0.0406. The summed E-state index contributed by atoms with van der Waals surface area (Å²) in [4.78, 5) is 11.5. The third-order valence-corrected chi connectivity index (χ3v) is 2.31. The van der Waals surface area contributed by atoms with Gasteiger partial charge in [-0.15, -0.1) is 0 Å². The van der Waals surface area contributed by atoms with E-state index in [1.807, 2.05) is 30.3 Å². The van der Waals surface area contributed by atoms with Crippen molar-refractivity contribution in [2.75, 3.05) is 20.3 Å². The van der Waals surface area contributed by atoms with E-state index in [4.69, 9.17) is 10.5 Å². The van der Waals surface area contributed by atoms with Crippen LogP contribution < -0.4 is 11.1 Å². The van der Waals surface area contributed by atoms with E-state index in [0.29, 0.717) is 19.6 Å². The fourth-order valence-electron chi connectivity index (χ4n) is 1.42. The van der Waals surface area contributed by atoms with E-state index in [2.05, 4.69) is 5.32 Å². The molecule has 1 aromatic rings. The lowest BCUT2D eigenvalue weighted by atomic mass is 10.1. The molecule has 0 fully saturated rings. The van der Waals surface area contributed by atoms with Crippen LogP contribution >= 0.6 is 0 Å². The van der Waals surface area contributed by atoms with Gasteiger partial charge in [0.05, 0.1) is 12.6 Å². The van der Waals surface area contributed by atoms with Gasteiger partial charge in [-0.25, -0.2) is 0 Å². The van der Waals surface area contributed by atoms with Crippen molar-refractivity contribution in [3.63, 3.8) is 0 Å². The van der Waals surface area contributed by atoms with Gasteiger partial charge in [-0.05, 0) is 5.56 Å². The van der Waals surface area contributed by atoms with Gasteiger partial charge in [-0.3, -0.25) is 4.79 Å². The fraction of sp³-hybridized carbons (Fsp3) is 0.417. The average molecular weight is 222 g/mol. The molecule has 0 aliphatic heterocycles. The summed E-state index contributed by atoms with van der Waals surface area (Å²) >= 11 is 0. The van der Waals surface area contributed by atoms with Crippen LogP contribution in [0.25, 0.3) is 0 Å². The molecule has 1 atom stereocenters. The zero-order valence-electron chi connectivity index (χ0n) is 9.48. The first-order valence-corrected chi connectivity index (χ1v) is 5.31. The van der Waals surface area contributed by atoms with Gasteiger partial charge < -0.3 is 15.8 Å². The molecule has 1 amide bonds. The van der Waals surface area contributed by atoms with E-state index >= 15 is 0 Å². The van der Waals surface area contributed by atoms with Crippen LogP contribution in [0.5, 0.6) is 0 Å². The minimum atomic E-state index is -0.120. The SMILES string of the molecule is COCCC(=O)NC(CN)c1ccccc1. The highest BCUT2D eigenvalue weighted by Crippen LogP contribution is 2.10. The zero-order valence-corrected chi connectivity index (χ0v) is 9.48. The lowest BCUT2D eigenvalue weighted by Gasteiger charge is -2.17. The highest BCUT2D eigenvalue weighted by atomic mass is 16.5. The number of carbonyl (C=O) groups excluding carboxylic acids is 1.